The molecule has 0 atom stereocenters. The van der Waals surface area contributed by atoms with Crippen molar-refractivity contribution in [2.75, 3.05) is 0 Å². The molecule has 0 amide bonds. The van der Waals surface area contributed by atoms with Crippen molar-refractivity contribution in [3.8, 4) is 17.4 Å². The van der Waals surface area contributed by atoms with Crippen LogP contribution in [0.4, 0.5) is 0 Å². The number of carboxylic acid groups (broad SMARTS) is 1. The lowest BCUT2D eigenvalue weighted by molar-refractivity contribution is 0.0697. The lowest BCUT2D eigenvalue weighted by Gasteiger charge is -2.03. The van der Waals surface area contributed by atoms with E-state index in [1.807, 2.05) is 24.3 Å². The number of benzene rings is 2. The van der Waals surface area contributed by atoms with Crippen LogP contribution in [0.25, 0.3) is 23.0 Å². The van der Waals surface area contributed by atoms with Crippen LogP contribution in [-0.4, -0.2) is 11.1 Å². The summed E-state index contributed by atoms with van der Waals surface area (Å²) in [5.74, 6) is -0.153. The number of hydrogen-bond acceptors (Lipinski definition) is 3. The molecule has 1 N–H and O–H groups in total. The standard InChI is InChI=1S/C20H11BrClNO3/c21-15-3-1-2-12(8-15)14(11-23)9-16-5-7-19(26-16)17-10-13(20(24)25)4-6-18(17)22/h1-10H,(H,24,25)/b14-9+. The molecule has 0 aliphatic carbocycles. The van der Waals surface area contributed by atoms with E-state index in [4.69, 9.17) is 21.1 Å². The second kappa shape index (κ2) is 7.61. The number of furan rings is 1. The van der Waals surface area contributed by atoms with E-state index in [0.717, 1.165) is 10.0 Å². The van der Waals surface area contributed by atoms with Crippen LogP contribution in [0.5, 0.6) is 0 Å². The summed E-state index contributed by atoms with van der Waals surface area (Å²) in [7, 11) is 0. The fourth-order valence-corrected chi connectivity index (χ4v) is 3.01. The van der Waals surface area contributed by atoms with Crippen molar-refractivity contribution in [3.05, 3.63) is 81.0 Å². The van der Waals surface area contributed by atoms with Crippen LogP contribution in [0.15, 0.2) is 63.5 Å². The molecule has 0 fully saturated rings. The van der Waals surface area contributed by atoms with Crippen molar-refractivity contribution < 1.29 is 14.3 Å². The summed E-state index contributed by atoms with van der Waals surface area (Å²) in [5, 5.41) is 18.9. The van der Waals surface area contributed by atoms with E-state index < -0.39 is 5.97 Å². The highest BCUT2D eigenvalue weighted by Crippen LogP contribution is 2.31. The molecular formula is C20H11BrClNO3. The topological polar surface area (TPSA) is 74.2 Å². The van der Waals surface area contributed by atoms with Gasteiger partial charge >= 0.3 is 5.97 Å². The normalized spacial score (nSPS) is 11.2. The molecule has 6 heteroatoms. The maximum absolute atomic E-state index is 11.1. The maximum Gasteiger partial charge on any atom is 0.335 e. The number of nitriles is 1. The Bertz CT molecular complexity index is 1060. The zero-order valence-electron chi connectivity index (χ0n) is 13.2. The number of aromatic carboxylic acids is 1. The van der Waals surface area contributed by atoms with E-state index in [1.54, 1.807) is 18.2 Å². The smallest absolute Gasteiger partial charge is 0.335 e. The predicted molar refractivity (Wildman–Crippen MR) is 104 cm³/mol. The molecule has 3 rings (SSSR count). The van der Waals surface area contributed by atoms with Crippen molar-refractivity contribution >= 4 is 45.1 Å². The van der Waals surface area contributed by atoms with E-state index in [2.05, 4.69) is 22.0 Å². The Hall–Kier alpha value is -2.81. The van der Waals surface area contributed by atoms with Gasteiger partial charge in [0.15, 0.2) is 0 Å². The van der Waals surface area contributed by atoms with Gasteiger partial charge in [-0.05, 0) is 54.1 Å². The Morgan fingerprint density at radius 1 is 1.15 bits per heavy atom. The molecule has 0 saturated carbocycles. The molecule has 0 spiro atoms. The quantitative estimate of drug-likeness (QED) is 0.508. The highest BCUT2D eigenvalue weighted by Gasteiger charge is 2.12. The summed E-state index contributed by atoms with van der Waals surface area (Å²) in [6, 6.07) is 17.3. The van der Waals surface area contributed by atoms with E-state index in [1.165, 1.54) is 18.2 Å². The molecule has 0 aliphatic rings. The molecule has 0 bridgehead atoms. The fraction of sp³-hybridized carbons (Fsp3) is 0. The zero-order chi connectivity index (χ0) is 18.7. The molecule has 4 nitrogen and oxygen atoms in total. The van der Waals surface area contributed by atoms with E-state index >= 15 is 0 Å². The number of allylic oxidation sites excluding steroid dienone is 1. The summed E-state index contributed by atoms with van der Waals surface area (Å²) < 4.78 is 6.62. The van der Waals surface area contributed by atoms with Crippen LogP contribution in [0, 0.1) is 11.3 Å². The van der Waals surface area contributed by atoms with Crippen molar-refractivity contribution in [1.82, 2.24) is 0 Å². The van der Waals surface area contributed by atoms with Gasteiger partial charge < -0.3 is 9.52 Å². The van der Waals surface area contributed by atoms with Gasteiger partial charge in [-0.2, -0.15) is 5.26 Å². The minimum atomic E-state index is -1.05. The van der Waals surface area contributed by atoms with Crippen LogP contribution in [-0.2, 0) is 0 Å². The van der Waals surface area contributed by atoms with Crippen molar-refractivity contribution in [1.29, 1.82) is 5.26 Å². The van der Waals surface area contributed by atoms with Gasteiger partial charge in [0.1, 0.15) is 11.5 Å². The van der Waals surface area contributed by atoms with Gasteiger partial charge in [-0.1, -0.05) is 39.7 Å². The largest absolute Gasteiger partial charge is 0.478 e. The van der Waals surface area contributed by atoms with E-state index in [9.17, 15) is 10.1 Å². The summed E-state index contributed by atoms with van der Waals surface area (Å²) in [6.07, 6.45) is 1.63. The Morgan fingerprint density at radius 2 is 1.96 bits per heavy atom. The van der Waals surface area contributed by atoms with Gasteiger partial charge in [0, 0.05) is 10.0 Å². The summed E-state index contributed by atoms with van der Waals surface area (Å²) in [5.41, 5.74) is 1.79. The van der Waals surface area contributed by atoms with Gasteiger partial charge in [0.2, 0.25) is 0 Å². The van der Waals surface area contributed by atoms with E-state index in [-0.39, 0.29) is 5.56 Å². The molecule has 2 aromatic carbocycles. The molecule has 128 valence electrons. The van der Waals surface area contributed by atoms with Crippen molar-refractivity contribution in [2.45, 2.75) is 0 Å². The lowest BCUT2D eigenvalue weighted by atomic mass is 10.1. The average molecular weight is 429 g/mol. The molecule has 0 unspecified atom stereocenters. The highest BCUT2D eigenvalue weighted by molar-refractivity contribution is 9.10. The van der Waals surface area contributed by atoms with Crippen LogP contribution in [0.2, 0.25) is 5.02 Å². The molecule has 0 radical (unpaired) electrons. The van der Waals surface area contributed by atoms with Crippen LogP contribution in [0.1, 0.15) is 21.7 Å². The lowest BCUT2D eigenvalue weighted by Crippen LogP contribution is -1.96. The fourth-order valence-electron chi connectivity index (χ4n) is 2.40. The van der Waals surface area contributed by atoms with E-state index in [0.29, 0.717) is 27.7 Å². The molecule has 1 heterocycles. The Balaban J connectivity index is 1.99. The summed E-state index contributed by atoms with van der Waals surface area (Å²) in [6.45, 7) is 0. The molecular weight excluding hydrogens is 418 g/mol. The number of carboxylic acids is 1. The molecule has 0 aliphatic heterocycles. The van der Waals surface area contributed by atoms with Gasteiger partial charge in [-0.25, -0.2) is 4.79 Å². The first-order valence-corrected chi connectivity index (χ1v) is 8.66. The number of nitrogens with zero attached hydrogens (tertiary/aromatic N) is 1. The molecule has 1 aromatic heterocycles. The highest BCUT2D eigenvalue weighted by atomic mass is 79.9. The zero-order valence-corrected chi connectivity index (χ0v) is 15.6. The van der Waals surface area contributed by atoms with Crippen LogP contribution in [0.3, 0.4) is 0 Å². The molecule has 3 aromatic rings. The number of carbonyl (C=O) groups is 1. The minimum Gasteiger partial charge on any atom is -0.478 e. The third-order valence-corrected chi connectivity index (χ3v) is 4.47. The third kappa shape index (κ3) is 3.88. The first-order chi connectivity index (χ1) is 12.5. The Kier molecular flexibility index (Phi) is 5.27. The maximum atomic E-state index is 11.1. The number of hydrogen-bond donors (Lipinski definition) is 1. The first-order valence-electron chi connectivity index (χ1n) is 7.48. The van der Waals surface area contributed by atoms with Crippen LogP contribution >= 0.6 is 27.5 Å². The van der Waals surface area contributed by atoms with Gasteiger partial charge in [-0.3, -0.25) is 0 Å². The summed E-state index contributed by atoms with van der Waals surface area (Å²) in [4.78, 5) is 11.1. The second-order valence-electron chi connectivity index (χ2n) is 5.38. The number of halogens is 2. The summed E-state index contributed by atoms with van der Waals surface area (Å²) >= 11 is 9.55. The number of rotatable bonds is 4. The molecule has 0 saturated heterocycles. The monoisotopic (exact) mass is 427 g/mol. The Labute approximate surface area is 163 Å². The SMILES string of the molecule is N#C/C(=C\c1ccc(-c2cc(C(=O)O)ccc2Cl)o1)c1cccc(Br)c1. The van der Waals surface area contributed by atoms with Gasteiger partial charge in [0.25, 0.3) is 0 Å². The first kappa shape index (κ1) is 18.0. The minimum absolute atomic E-state index is 0.116. The average Bonchev–Trinajstić information content (AvgIpc) is 3.08. The molecule has 26 heavy (non-hydrogen) atoms. The third-order valence-electron chi connectivity index (χ3n) is 3.65. The van der Waals surface area contributed by atoms with Crippen molar-refractivity contribution in [2.24, 2.45) is 0 Å². The second-order valence-corrected chi connectivity index (χ2v) is 6.70. The van der Waals surface area contributed by atoms with Crippen molar-refractivity contribution in [3.63, 3.8) is 0 Å². The van der Waals surface area contributed by atoms with Gasteiger partial charge in [-0.15, -0.1) is 0 Å². The van der Waals surface area contributed by atoms with Crippen LogP contribution < -0.4 is 0 Å². The van der Waals surface area contributed by atoms with Gasteiger partial charge in [0.05, 0.1) is 22.2 Å². The Morgan fingerprint density at radius 3 is 2.65 bits per heavy atom. The predicted octanol–water partition coefficient (Wildman–Crippen LogP) is 6.12.